The molecular formula is C13H23Br. The molecule has 14 heavy (non-hydrogen) atoms. The summed E-state index contributed by atoms with van der Waals surface area (Å²) in [6.45, 7) is 0. The van der Waals surface area contributed by atoms with Gasteiger partial charge in [-0.25, -0.2) is 0 Å². The second-order valence-electron chi connectivity index (χ2n) is 5.55. The molecule has 1 heteroatoms. The minimum Gasteiger partial charge on any atom is -0.0922 e. The number of hydrogen-bond acceptors (Lipinski definition) is 0. The van der Waals surface area contributed by atoms with Crippen LogP contribution in [-0.4, -0.2) is 5.33 Å². The van der Waals surface area contributed by atoms with E-state index in [9.17, 15) is 0 Å². The van der Waals surface area contributed by atoms with E-state index in [0.717, 1.165) is 5.92 Å². The molecule has 0 amide bonds. The van der Waals surface area contributed by atoms with Crippen molar-refractivity contribution in [3.8, 4) is 0 Å². The summed E-state index contributed by atoms with van der Waals surface area (Å²) in [5, 5.41) is 1.26. The van der Waals surface area contributed by atoms with Gasteiger partial charge in [-0.2, -0.15) is 0 Å². The fourth-order valence-electron chi connectivity index (χ4n) is 3.52. The van der Waals surface area contributed by atoms with E-state index >= 15 is 0 Å². The van der Waals surface area contributed by atoms with Crippen LogP contribution in [0.15, 0.2) is 0 Å². The monoisotopic (exact) mass is 258 g/mol. The third-order valence-corrected chi connectivity index (χ3v) is 5.58. The second-order valence-corrected chi connectivity index (χ2v) is 6.11. The van der Waals surface area contributed by atoms with Crippen molar-refractivity contribution in [2.75, 3.05) is 5.33 Å². The van der Waals surface area contributed by atoms with Crippen molar-refractivity contribution >= 4 is 15.9 Å². The fraction of sp³-hybridized carbons (Fsp3) is 1.00. The van der Waals surface area contributed by atoms with Gasteiger partial charge >= 0.3 is 0 Å². The quantitative estimate of drug-likeness (QED) is 0.631. The number of alkyl halides is 1. The summed E-state index contributed by atoms with van der Waals surface area (Å²) < 4.78 is 0. The summed E-state index contributed by atoms with van der Waals surface area (Å²) in [5.41, 5.74) is 0.702. The maximum Gasteiger partial charge on any atom is 0.00880 e. The fourth-order valence-corrected chi connectivity index (χ4v) is 4.31. The number of hydrogen-bond donors (Lipinski definition) is 0. The topological polar surface area (TPSA) is 0 Å². The Morgan fingerprint density at radius 1 is 0.929 bits per heavy atom. The van der Waals surface area contributed by atoms with E-state index in [2.05, 4.69) is 15.9 Å². The maximum atomic E-state index is 3.78. The smallest absolute Gasteiger partial charge is 0.00880 e. The summed E-state index contributed by atoms with van der Waals surface area (Å²) in [5.74, 6) is 1.07. The van der Waals surface area contributed by atoms with Crippen LogP contribution in [0.4, 0.5) is 0 Å². The lowest BCUT2D eigenvalue weighted by Gasteiger charge is -2.38. The molecule has 2 aliphatic carbocycles. The minimum absolute atomic E-state index is 0.702. The van der Waals surface area contributed by atoms with Crippen molar-refractivity contribution in [3.05, 3.63) is 0 Å². The number of rotatable bonds is 3. The zero-order valence-corrected chi connectivity index (χ0v) is 10.8. The van der Waals surface area contributed by atoms with E-state index in [0.29, 0.717) is 5.41 Å². The molecule has 2 aliphatic rings. The zero-order valence-electron chi connectivity index (χ0n) is 9.23. The van der Waals surface area contributed by atoms with E-state index in [-0.39, 0.29) is 0 Å². The summed E-state index contributed by atoms with van der Waals surface area (Å²) in [6, 6.07) is 0. The van der Waals surface area contributed by atoms with Crippen LogP contribution in [0.3, 0.4) is 0 Å². The summed E-state index contributed by atoms with van der Waals surface area (Å²) in [4.78, 5) is 0. The van der Waals surface area contributed by atoms with Gasteiger partial charge in [0.1, 0.15) is 0 Å². The third kappa shape index (κ3) is 2.53. The van der Waals surface area contributed by atoms with Gasteiger partial charge in [-0.05, 0) is 30.6 Å². The van der Waals surface area contributed by atoms with E-state index in [1.165, 1.54) is 69.5 Å². The van der Waals surface area contributed by atoms with Crippen molar-refractivity contribution in [2.24, 2.45) is 11.3 Å². The number of halogens is 1. The molecule has 0 atom stereocenters. The molecule has 0 aliphatic heterocycles. The lowest BCUT2D eigenvalue weighted by Crippen LogP contribution is -2.28. The average molecular weight is 259 g/mol. The van der Waals surface area contributed by atoms with Gasteiger partial charge in [0.15, 0.2) is 0 Å². The van der Waals surface area contributed by atoms with E-state index < -0.39 is 0 Å². The summed E-state index contributed by atoms with van der Waals surface area (Å²) >= 11 is 3.78. The van der Waals surface area contributed by atoms with Crippen LogP contribution < -0.4 is 0 Å². The molecule has 0 radical (unpaired) electrons. The Labute approximate surface area is 97.0 Å². The Kier molecular flexibility index (Phi) is 3.93. The van der Waals surface area contributed by atoms with Gasteiger partial charge in [-0.15, -0.1) is 0 Å². The third-order valence-electron chi connectivity index (χ3n) is 4.39. The van der Waals surface area contributed by atoms with E-state index in [4.69, 9.17) is 0 Å². The Morgan fingerprint density at radius 3 is 2.14 bits per heavy atom. The highest BCUT2D eigenvalue weighted by Crippen LogP contribution is 2.45. The standard InChI is InChI=1S/C13H23Br/c14-11-13(8-4-1-5-9-13)10-12-6-2-3-7-12/h12H,1-11H2. The molecule has 0 aromatic heterocycles. The predicted octanol–water partition coefficient (Wildman–Crippen LogP) is 4.91. The molecule has 0 aromatic rings. The molecule has 0 aromatic carbocycles. The van der Waals surface area contributed by atoms with Crippen molar-refractivity contribution < 1.29 is 0 Å². The van der Waals surface area contributed by atoms with Gasteiger partial charge in [-0.3, -0.25) is 0 Å². The van der Waals surface area contributed by atoms with Crippen LogP contribution in [-0.2, 0) is 0 Å². The van der Waals surface area contributed by atoms with Gasteiger partial charge in [0.05, 0.1) is 0 Å². The van der Waals surface area contributed by atoms with E-state index in [1.807, 2.05) is 0 Å². The maximum absolute atomic E-state index is 3.78. The van der Waals surface area contributed by atoms with Gasteiger partial charge in [0.25, 0.3) is 0 Å². The Bertz CT molecular complexity index is 164. The van der Waals surface area contributed by atoms with Gasteiger partial charge in [0, 0.05) is 5.33 Å². The minimum atomic E-state index is 0.702. The molecule has 0 nitrogen and oxygen atoms in total. The average Bonchev–Trinajstić information content (AvgIpc) is 2.72. The highest BCUT2D eigenvalue weighted by atomic mass is 79.9. The Morgan fingerprint density at radius 2 is 1.57 bits per heavy atom. The molecule has 0 bridgehead atoms. The molecule has 82 valence electrons. The lowest BCUT2D eigenvalue weighted by atomic mass is 9.70. The van der Waals surface area contributed by atoms with Gasteiger partial charge in [-0.1, -0.05) is 60.9 Å². The van der Waals surface area contributed by atoms with Crippen molar-refractivity contribution in [3.63, 3.8) is 0 Å². The first-order chi connectivity index (χ1) is 6.85. The van der Waals surface area contributed by atoms with Gasteiger partial charge < -0.3 is 0 Å². The molecule has 2 saturated carbocycles. The summed E-state index contributed by atoms with van der Waals surface area (Å²) in [6.07, 6.45) is 15.0. The molecule has 0 heterocycles. The van der Waals surface area contributed by atoms with Crippen LogP contribution in [0.1, 0.15) is 64.2 Å². The predicted molar refractivity (Wildman–Crippen MR) is 65.9 cm³/mol. The summed E-state index contributed by atoms with van der Waals surface area (Å²) in [7, 11) is 0. The van der Waals surface area contributed by atoms with Crippen molar-refractivity contribution in [1.29, 1.82) is 0 Å². The van der Waals surface area contributed by atoms with Crippen LogP contribution >= 0.6 is 15.9 Å². The molecule has 0 saturated heterocycles. The SMILES string of the molecule is BrCC1(CC2CCCC2)CCCCC1. The van der Waals surface area contributed by atoms with Crippen LogP contribution in [0.25, 0.3) is 0 Å². The molecule has 0 N–H and O–H groups in total. The molecule has 0 unspecified atom stereocenters. The zero-order chi connectivity index (χ0) is 9.86. The van der Waals surface area contributed by atoms with Crippen LogP contribution in [0.5, 0.6) is 0 Å². The molecule has 2 fully saturated rings. The first-order valence-electron chi connectivity index (χ1n) is 6.41. The van der Waals surface area contributed by atoms with E-state index in [1.54, 1.807) is 0 Å². The second kappa shape index (κ2) is 5.01. The lowest BCUT2D eigenvalue weighted by molar-refractivity contribution is 0.173. The highest BCUT2D eigenvalue weighted by Gasteiger charge is 2.34. The molecular weight excluding hydrogens is 236 g/mol. The van der Waals surface area contributed by atoms with Crippen LogP contribution in [0.2, 0.25) is 0 Å². The normalized spacial score (nSPS) is 28.1. The Balaban J connectivity index is 1.89. The first-order valence-corrected chi connectivity index (χ1v) is 7.53. The highest BCUT2D eigenvalue weighted by molar-refractivity contribution is 9.09. The van der Waals surface area contributed by atoms with Crippen molar-refractivity contribution in [1.82, 2.24) is 0 Å². The largest absolute Gasteiger partial charge is 0.0922 e. The van der Waals surface area contributed by atoms with Crippen molar-refractivity contribution in [2.45, 2.75) is 64.2 Å². The first kappa shape index (κ1) is 11.0. The van der Waals surface area contributed by atoms with Gasteiger partial charge in [0.2, 0.25) is 0 Å². The molecule has 0 spiro atoms. The van der Waals surface area contributed by atoms with Crippen LogP contribution in [0, 0.1) is 11.3 Å². The Hall–Kier alpha value is 0.480. The molecule has 2 rings (SSSR count).